The Balaban J connectivity index is 1.96. The second kappa shape index (κ2) is 5.29. The number of amides is 1. The van der Waals surface area contributed by atoms with E-state index in [1.807, 2.05) is 42.5 Å². The quantitative estimate of drug-likeness (QED) is 0.930. The highest BCUT2D eigenvalue weighted by molar-refractivity contribution is 9.10. The van der Waals surface area contributed by atoms with Crippen LogP contribution in [0.25, 0.3) is 0 Å². The molecule has 3 rings (SSSR count). The molecule has 0 fully saturated rings. The summed E-state index contributed by atoms with van der Waals surface area (Å²) in [4.78, 5) is 12.2. The zero-order valence-electron chi connectivity index (χ0n) is 11.0. The van der Waals surface area contributed by atoms with Gasteiger partial charge in [-0.25, -0.2) is 0 Å². The molecule has 2 aromatic rings. The van der Waals surface area contributed by atoms with Crippen molar-refractivity contribution in [3.63, 3.8) is 0 Å². The predicted molar refractivity (Wildman–Crippen MR) is 82.2 cm³/mol. The first-order valence-corrected chi connectivity index (χ1v) is 7.20. The summed E-state index contributed by atoms with van der Waals surface area (Å²) in [6, 6.07) is 13.7. The van der Waals surface area contributed by atoms with E-state index in [1.165, 1.54) is 0 Å². The lowest BCUT2D eigenvalue weighted by atomic mass is 9.93. The van der Waals surface area contributed by atoms with Gasteiger partial charge in [0.1, 0.15) is 5.75 Å². The first-order valence-electron chi connectivity index (χ1n) is 6.41. The van der Waals surface area contributed by atoms with Crippen molar-refractivity contribution in [3.05, 3.63) is 58.1 Å². The number of hydrogen-bond donors (Lipinski definition) is 1. The van der Waals surface area contributed by atoms with Gasteiger partial charge in [-0.05, 0) is 41.8 Å². The van der Waals surface area contributed by atoms with Gasteiger partial charge in [0.05, 0.1) is 13.0 Å². The number of halogens is 1. The smallest absolute Gasteiger partial charge is 0.232 e. The number of hydrogen-bond acceptors (Lipinski definition) is 2. The zero-order valence-corrected chi connectivity index (χ0v) is 12.6. The summed E-state index contributed by atoms with van der Waals surface area (Å²) < 4.78 is 6.35. The van der Waals surface area contributed by atoms with Crippen molar-refractivity contribution in [2.45, 2.75) is 12.3 Å². The Morgan fingerprint density at radius 3 is 2.85 bits per heavy atom. The van der Waals surface area contributed by atoms with E-state index in [4.69, 9.17) is 4.74 Å². The lowest BCUT2D eigenvalue weighted by Gasteiger charge is -2.12. The second-order valence-corrected chi connectivity index (χ2v) is 5.71. The third kappa shape index (κ3) is 2.31. The maximum absolute atomic E-state index is 12.2. The van der Waals surface area contributed by atoms with Gasteiger partial charge in [0.15, 0.2) is 0 Å². The SMILES string of the molecule is COc1ccccc1C[C@@H]1C(=O)Nc2ccc(Br)cc21. The van der Waals surface area contributed by atoms with Crippen LogP contribution in [0.1, 0.15) is 17.0 Å². The van der Waals surface area contributed by atoms with Crippen LogP contribution >= 0.6 is 15.9 Å². The summed E-state index contributed by atoms with van der Waals surface area (Å²) in [5.74, 6) is 0.701. The molecule has 3 nitrogen and oxygen atoms in total. The number of carbonyl (C=O) groups is 1. The van der Waals surface area contributed by atoms with Crippen LogP contribution in [0.4, 0.5) is 5.69 Å². The molecule has 0 aliphatic carbocycles. The summed E-state index contributed by atoms with van der Waals surface area (Å²) >= 11 is 3.46. The maximum atomic E-state index is 12.2. The van der Waals surface area contributed by atoms with E-state index >= 15 is 0 Å². The van der Waals surface area contributed by atoms with Gasteiger partial charge in [0, 0.05) is 10.2 Å². The number of ether oxygens (including phenoxy) is 1. The van der Waals surface area contributed by atoms with E-state index in [2.05, 4.69) is 21.2 Å². The lowest BCUT2D eigenvalue weighted by molar-refractivity contribution is -0.117. The molecule has 0 unspecified atom stereocenters. The van der Waals surface area contributed by atoms with Gasteiger partial charge in [0.25, 0.3) is 0 Å². The number of nitrogens with one attached hydrogen (secondary N) is 1. The minimum atomic E-state index is -0.168. The van der Waals surface area contributed by atoms with Crippen LogP contribution in [-0.2, 0) is 11.2 Å². The molecule has 1 amide bonds. The normalized spacial score (nSPS) is 16.7. The van der Waals surface area contributed by atoms with Crippen LogP contribution in [0.2, 0.25) is 0 Å². The Kier molecular flexibility index (Phi) is 3.49. The highest BCUT2D eigenvalue weighted by Gasteiger charge is 2.31. The van der Waals surface area contributed by atoms with Crippen molar-refractivity contribution in [2.75, 3.05) is 12.4 Å². The molecule has 2 aromatic carbocycles. The first-order chi connectivity index (χ1) is 9.69. The average Bonchev–Trinajstić information content (AvgIpc) is 2.76. The number of anilines is 1. The molecule has 1 heterocycles. The zero-order chi connectivity index (χ0) is 14.1. The molecule has 0 saturated carbocycles. The number of methoxy groups -OCH3 is 1. The second-order valence-electron chi connectivity index (χ2n) is 4.79. The highest BCUT2D eigenvalue weighted by Crippen LogP contribution is 2.37. The Labute approximate surface area is 126 Å². The number of fused-ring (bicyclic) bond motifs is 1. The number of benzene rings is 2. The molecule has 1 aliphatic heterocycles. The van der Waals surface area contributed by atoms with Gasteiger partial charge in [-0.15, -0.1) is 0 Å². The average molecular weight is 332 g/mol. The molecule has 102 valence electrons. The van der Waals surface area contributed by atoms with Crippen molar-refractivity contribution < 1.29 is 9.53 Å². The van der Waals surface area contributed by atoms with Crippen LogP contribution in [-0.4, -0.2) is 13.0 Å². The van der Waals surface area contributed by atoms with Gasteiger partial charge in [0.2, 0.25) is 5.91 Å². The summed E-state index contributed by atoms with van der Waals surface area (Å²) in [5.41, 5.74) is 2.98. The predicted octanol–water partition coefficient (Wildman–Crippen LogP) is 3.74. The first kappa shape index (κ1) is 13.2. The van der Waals surface area contributed by atoms with Crippen LogP contribution in [0.5, 0.6) is 5.75 Å². The van der Waals surface area contributed by atoms with E-state index in [1.54, 1.807) is 7.11 Å². The van der Waals surface area contributed by atoms with Gasteiger partial charge < -0.3 is 10.1 Å². The van der Waals surface area contributed by atoms with Crippen LogP contribution in [0.15, 0.2) is 46.9 Å². The van der Waals surface area contributed by atoms with E-state index in [9.17, 15) is 4.79 Å². The largest absolute Gasteiger partial charge is 0.496 e. The maximum Gasteiger partial charge on any atom is 0.232 e. The molecule has 1 N–H and O–H groups in total. The Hall–Kier alpha value is -1.81. The number of para-hydroxylation sites is 1. The van der Waals surface area contributed by atoms with E-state index in [0.717, 1.165) is 27.0 Å². The fourth-order valence-electron chi connectivity index (χ4n) is 2.59. The molecule has 0 bridgehead atoms. The van der Waals surface area contributed by atoms with Crippen LogP contribution in [0.3, 0.4) is 0 Å². The molecule has 4 heteroatoms. The lowest BCUT2D eigenvalue weighted by Crippen LogP contribution is -2.14. The number of carbonyl (C=O) groups excluding carboxylic acids is 1. The van der Waals surface area contributed by atoms with Crippen LogP contribution < -0.4 is 10.1 Å². The number of rotatable bonds is 3. The van der Waals surface area contributed by atoms with E-state index < -0.39 is 0 Å². The summed E-state index contributed by atoms with van der Waals surface area (Å²) in [5, 5.41) is 2.93. The van der Waals surface area contributed by atoms with E-state index in [0.29, 0.717) is 6.42 Å². The molecule has 1 atom stereocenters. The molecule has 0 spiro atoms. The van der Waals surface area contributed by atoms with Crippen molar-refractivity contribution in [1.29, 1.82) is 0 Å². The van der Waals surface area contributed by atoms with Gasteiger partial charge >= 0.3 is 0 Å². The fourth-order valence-corrected chi connectivity index (χ4v) is 2.97. The molecule has 0 aromatic heterocycles. The van der Waals surface area contributed by atoms with Gasteiger partial charge in [-0.3, -0.25) is 4.79 Å². The molecule has 20 heavy (non-hydrogen) atoms. The van der Waals surface area contributed by atoms with Crippen LogP contribution in [0, 0.1) is 0 Å². The Bertz CT molecular complexity index is 669. The Morgan fingerprint density at radius 1 is 1.25 bits per heavy atom. The molecular formula is C16H14BrNO2. The highest BCUT2D eigenvalue weighted by atomic mass is 79.9. The minimum Gasteiger partial charge on any atom is -0.496 e. The summed E-state index contributed by atoms with van der Waals surface area (Å²) in [7, 11) is 1.65. The third-order valence-corrected chi connectivity index (χ3v) is 4.07. The molecular weight excluding hydrogens is 318 g/mol. The molecule has 0 saturated heterocycles. The molecule has 1 aliphatic rings. The topological polar surface area (TPSA) is 38.3 Å². The van der Waals surface area contributed by atoms with Gasteiger partial charge in [-0.1, -0.05) is 34.1 Å². The Morgan fingerprint density at radius 2 is 2.05 bits per heavy atom. The van der Waals surface area contributed by atoms with Crippen molar-refractivity contribution in [1.82, 2.24) is 0 Å². The third-order valence-electron chi connectivity index (χ3n) is 3.58. The van der Waals surface area contributed by atoms with Gasteiger partial charge in [-0.2, -0.15) is 0 Å². The molecule has 0 radical (unpaired) electrons. The summed E-state index contributed by atoms with van der Waals surface area (Å²) in [6.07, 6.45) is 0.638. The standard InChI is InChI=1S/C16H14BrNO2/c1-20-15-5-3-2-4-10(15)8-13-12-9-11(17)6-7-14(12)18-16(13)19/h2-7,9,13H,8H2,1H3,(H,18,19)/t13-/m0/s1. The fraction of sp³-hybridized carbons (Fsp3) is 0.188. The monoisotopic (exact) mass is 331 g/mol. The minimum absolute atomic E-state index is 0.0454. The van der Waals surface area contributed by atoms with Crippen molar-refractivity contribution in [2.24, 2.45) is 0 Å². The van der Waals surface area contributed by atoms with Crippen molar-refractivity contribution >= 4 is 27.5 Å². The van der Waals surface area contributed by atoms with E-state index in [-0.39, 0.29) is 11.8 Å². The summed E-state index contributed by atoms with van der Waals surface area (Å²) in [6.45, 7) is 0. The van der Waals surface area contributed by atoms with Crippen molar-refractivity contribution in [3.8, 4) is 5.75 Å².